The lowest BCUT2D eigenvalue weighted by atomic mass is 10.0. The third kappa shape index (κ3) is 3.99. The van der Waals surface area contributed by atoms with Crippen LogP contribution in [0.5, 0.6) is 0 Å². The molecule has 1 aromatic heterocycles. The fourth-order valence-corrected chi connectivity index (χ4v) is 2.39. The van der Waals surface area contributed by atoms with Crippen LogP contribution >= 0.6 is 0 Å². The Labute approximate surface area is 119 Å². The van der Waals surface area contributed by atoms with Crippen molar-refractivity contribution in [2.45, 2.75) is 31.7 Å². The molecule has 0 bridgehead atoms. The SMILES string of the molecule is NC(N)=NCCCC(N)CCc1c[nH]c2ccccc12. The molecule has 1 heterocycles. The van der Waals surface area contributed by atoms with Crippen molar-refractivity contribution >= 4 is 16.9 Å². The van der Waals surface area contributed by atoms with E-state index in [-0.39, 0.29) is 12.0 Å². The zero-order chi connectivity index (χ0) is 14.4. The summed E-state index contributed by atoms with van der Waals surface area (Å²) in [5.41, 5.74) is 19.2. The van der Waals surface area contributed by atoms with Crippen molar-refractivity contribution in [2.75, 3.05) is 6.54 Å². The molecule has 0 saturated carbocycles. The number of fused-ring (bicyclic) bond motifs is 1. The van der Waals surface area contributed by atoms with E-state index in [4.69, 9.17) is 17.2 Å². The van der Waals surface area contributed by atoms with Crippen LogP contribution in [-0.2, 0) is 6.42 Å². The second-order valence-electron chi connectivity index (χ2n) is 5.11. The molecular weight excluding hydrogens is 250 g/mol. The maximum Gasteiger partial charge on any atom is 0.185 e. The predicted octanol–water partition coefficient (Wildman–Crippen LogP) is 1.48. The van der Waals surface area contributed by atoms with Gasteiger partial charge in [0.2, 0.25) is 0 Å². The molecule has 0 amide bonds. The maximum absolute atomic E-state index is 6.13. The second-order valence-corrected chi connectivity index (χ2v) is 5.11. The standard InChI is InChI=1S/C15H23N5/c16-12(4-3-9-19-15(17)18)8-7-11-10-20-14-6-2-1-5-13(11)14/h1-2,5-6,10,12,20H,3-4,7-9,16H2,(H4,17,18,19). The number of hydrogen-bond donors (Lipinski definition) is 4. The lowest BCUT2D eigenvalue weighted by Gasteiger charge is -2.10. The van der Waals surface area contributed by atoms with Gasteiger partial charge in [0, 0.05) is 29.7 Å². The Morgan fingerprint density at radius 2 is 2.00 bits per heavy atom. The minimum absolute atomic E-state index is 0.150. The van der Waals surface area contributed by atoms with E-state index in [1.165, 1.54) is 16.5 Å². The number of nitrogens with one attached hydrogen (secondary N) is 1. The van der Waals surface area contributed by atoms with Gasteiger partial charge in [0.15, 0.2) is 5.96 Å². The van der Waals surface area contributed by atoms with Gasteiger partial charge in [0.05, 0.1) is 0 Å². The van der Waals surface area contributed by atoms with Gasteiger partial charge in [-0.15, -0.1) is 0 Å². The molecule has 0 aliphatic heterocycles. The number of benzene rings is 1. The molecular formula is C15H23N5. The first kappa shape index (κ1) is 14.4. The molecule has 20 heavy (non-hydrogen) atoms. The van der Waals surface area contributed by atoms with E-state index in [1.807, 2.05) is 6.07 Å². The van der Waals surface area contributed by atoms with Crippen molar-refractivity contribution in [2.24, 2.45) is 22.2 Å². The number of hydrogen-bond acceptors (Lipinski definition) is 2. The molecule has 0 saturated heterocycles. The highest BCUT2D eigenvalue weighted by Gasteiger charge is 2.06. The average molecular weight is 273 g/mol. The van der Waals surface area contributed by atoms with Crippen LogP contribution in [0.15, 0.2) is 35.5 Å². The van der Waals surface area contributed by atoms with Crippen LogP contribution in [0.4, 0.5) is 0 Å². The van der Waals surface area contributed by atoms with Gasteiger partial charge in [0.25, 0.3) is 0 Å². The monoisotopic (exact) mass is 273 g/mol. The summed E-state index contributed by atoms with van der Waals surface area (Å²) < 4.78 is 0. The molecule has 1 aromatic carbocycles. The minimum Gasteiger partial charge on any atom is -0.370 e. The molecule has 0 radical (unpaired) electrons. The zero-order valence-electron chi connectivity index (χ0n) is 11.7. The number of para-hydroxylation sites is 1. The normalized spacial score (nSPS) is 12.4. The van der Waals surface area contributed by atoms with Crippen LogP contribution < -0.4 is 17.2 Å². The Morgan fingerprint density at radius 1 is 1.20 bits per heavy atom. The van der Waals surface area contributed by atoms with Crippen molar-refractivity contribution in [1.82, 2.24) is 4.98 Å². The number of H-pyrrole nitrogens is 1. The third-order valence-electron chi connectivity index (χ3n) is 3.49. The number of nitrogens with zero attached hydrogens (tertiary/aromatic N) is 1. The fourth-order valence-electron chi connectivity index (χ4n) is 2.39. The molecule has 5 heteroatoms. The molecule has 0 fully saturated rings. The first-order valence-corrected chi connectivity index (χ1v) is 7.03. The molecule has 108 valence electrons. The van der Waals surface area contributed by atoms with Gasteiger partial charge in [-0.1, -0.05) is 18.2 Å². The molecule has 2 rings (SSSR count). The van der Waals surface area contributed by atoms with E-state index in [1.54, 1.807) is 0 Å². The number of aliphatic imine (C=N–C) groups is 1. The molecule has 7 N–H and O–H groups in total. The van der Waals surface area contributed by atoms with Crippen LogP contribution in [-0.4, -0.2) is 23.5 Å². The van der Waals surface area contributed by atoms with E-state index < -0.39 is 0 Å². The molecule has 0 aliphatic carbocycles. The van der Waals surface area contributed by atoms with Crippen LogP contribution in [0.25, 0.3) is 10.9 Å². The Morgan fingerprint density at radius 3 is 2.80 bits per heavy atom. The zero-order valence-corrected chi connectivity index (χ0v) is 11.7. The van der Waals surface area contributed by atoms with Crippen LogP contribution in [0.2, 0.25) is 0 Å². The molecule has 0 spiro atoms. The first-order valence-electron chi connectivity index (χ1n) is 7.03. The number of aryl methyl sites for hydroxylation is 1. The van der Waals surface area contributed by atoms with Crippen molar-refractivity contribution in [3.63, 3.8) is 0 Å². The molecule has 2 aromatic rings. The highest BCUT2D eigenvalue weighted by molar-refractivity contribution is 5.83. The summed E-state index contributed by atoms with van der Waals surface area (Å²) in [5.74, 6) is 0.150. The van der Waals surface area contributed by atoms with Crippen LogP contribution in [0.3, 0.4) is 0 Å². The summed E-state index contributed by atoms with van der Waals surface area (Å²) in [5, 5.41) is 1.29. The quantitative estimate of drug-likeness (QED) is 0.349. The molecule has 1 unspecified atom stereocenters. The smallest absolute Gasteiger partial charge is 0.185 e. The first-order chi connectivity index (χ1) is 9.66. The van der Waals surface area contributed by atoms with Gasteiger partial charge < -0.3 is 22.2 Å². The number of aromatic nitrogens is 1. The Balaban J connectivity index is 1.78. The summed E-state index contributed by atoms with van der Waals surface area (Å²) in [7, 11) is 0. The number of nitrogens with two attached hydrogens (primary N) is 3. The molecule has 5 nitrogen and oxygen atoms in total. The molecule has 1 atom stereocenters. The van der Waals surface area contributed by atoms with Crippen molar-refractivity contribution in [1.29, 1.82) is 0 Å². The van der Waals surface area contributed by atoms with Gasteiger partial charge in [0.1, 0.15) is 0 Å². The van der Waals surface area contributed by atoms with Gasteiger partial charge in [-0.3, -0.25) is 4.99 Å². The van der Waals surface area contributed by atoms with E-state index >= 15 is 0 Å². The summed E-state index contributed by atoms with van der Waals surface area (Å²) in [4.78, 5) is 7.25. The number of aromatic amines is 1. The van der Waals surface area contributed by atoms with E-state index in [0.717, 1.165) is 25.7 Å². The maximum atomic E-state index is 6.13. The Bertz CT molecular complexity index is 568. The largest absolute Gasteiger partial charge is 0.370 e. The summed E-state index contributed by atoms with van der Waals surface area (Å²) in [6.07, 6.45) is 5.92. The van der Waals surface area contributed by atoms with E-state index in [9.17, 15) is 0 Å². The average Bonchev–Trinajstić information content (AvgIpc) is 2.84. The number of guanidine groups is 1. The predicted molar refractivity (Wildman–Crippen MR) is 84.5 cm³/mol. The van der Waals surface area contributed by atoms with Gasteiger partial charge in [-0.2, -0.15) is 0 Å². The second kappa shape index (κ2) is 6.96. The topological polar surface area (TPSA) is 106 Å². The highest BCUT2D eigenvalue weighted by atomic mass is 15.0. The van der Waals surface area contributed by atoms with Gasteiger partial charge >= 0.3 is 0 Å². The third-order valence-corrected chi connectivity index (χ3v) is 3.49. The van der Waals surface area contributed by atoms with Crippen LogP contribution in [0, 0.1) is 0 Å². The Hall–Kier alpha value is -2.01. The van der Waals surface area contributed by atoms with Gasteiger partial charge in [-0.25, -0.2) is 0 Å². The van der Waals surface area contributed by atoms with Crippen molar-refractivity contribution in [3.05, 3.63) is 36.0 Å². The van der Waals surface area contributed by atoms with Gasteiger partial charge in [-0.05, 0) is 37.3 Å². The molecule has 0 aliphatic rings. The summed E-state index contributed by atoms with van der Waals surface area (Å²) >= 11 is 0. The summed E-state index contributed by atoms with van der Waals surface area (Å²) in [6.45, 7) is 0.656. The highest BCUT2D eigenvalue weighted by Crippen LogP contribution is 2.19. The Kier molecular flexibility index (Phi) is 5.01. The van der Waals surface area contributed by atoms with E-state index in [2.05, 4.69) is 34.4 Å². The lowest BCUT2D eigenvalue weighted by Crippen LogP contribution is -2.24. The van der Waals surface area contributed by atoms with Crippen LogP contribution in [0.1, 0.15) is 24.8 Å². The fraction of sp³-hybridized carbons (Fsp3) is 0.400. The van der Waals surface area contributed by atoms with Crippen molar-refractivity contribution in [3.8, 4) is 0 Å². The van der Waals surface area contributed by atoms with E-state index in [0.29, 0.717) is 6.54 Å². The minimum atomic E-state index is 0.150. The van der Waals surface area contributed by atoms with Crippen molar-refractivity contribution < 1.29 is 0 Å². The lowest BCUT2D eigenvalue weighted by molar-refractivity contribution is 0.551. The number of rotatable bonds is 7. The summed E-state index contributed by atoms with van der Waals surface area (Å²) in [6, 6.07) is 8.53.